The van der Waals surface area contributed by atoms with Crippen molar-refractivity contribution in [2.24, 2.45) is 0 Å². The van der Waals surface area contributed by atoms with Crippen molar-refractivity contribution in [2.75, 3.05) is 5.75 Å². The summed E-state index contributed by atoms with van der Waals surface area (Å²) in [6.07, 6.45) is 2.86. The second-order valence-corrected chi connectivity index (χ2v) is 7.28. The van der Waals surface area contributed by atoms with Crippen molar-refractivity contribution < 1.29 is 4.55 Å². The molecule has 0 aliphatic heterocycles. The van der Waals surface area contributed by atoms with Gasteiger partial charge in [-0.05, 0) is 55.2 Å². The number of nitrogens with zero attached hydrogens (tertiary/aromatic N) is 3. The van der Waals surface area contributed by atoms with Crippen LogP contribution in [0.5, 0.6) is 0 Å². The van der Waals surface area contributed by atoms with Crippen LogP contribution in [-0.4, -0.2) is 24.8 Å². The maximum atomic E-state index is 12.4. The van der Waals surface area contributed by atoms with Crippen molar-refractivity contribution in [2.45, 2.75) is 38.6 Å². The molecule has 0 bridgehead atoms. The van der Waals surface area contributed by atoms with Gasteiger partial charge in [0.05, 0.1) is 5.56 Å². The maximum absolute atomic E-state index is 12.4. The van der Waals surface area contributed by atoms with Crippen molar-refractivity contribution >= 4 is 22.3 Å². The lowest BCUT2D eigenvalue weighted by molar-refractivity contribution is 0.596. The van der Waals surface area contributed by atoms with E-state index in [-0.39, 0.29) is 0 Å². The normalized spacial score (nSPS) is 12.7. The Morgan fingerprint density at radius 2 is 2.00 bits per heavy atom. The Morgan fingerprint density at radius 3 is 2.74 bits per heavy atom. The molecule has 4 nitrogen and oxygen atoms in total. The van der Waals surface area contributed by atoms with Crippen LogP contribution in [0.25, 0.3) is 22.6 Å². The summed E-state index contributed by atoms with van der Waals surface area (Å²) in [5.41, 5.74) is 3.82. The fourth-order valence-electron chi connectivity index (χ4n) is 2.76. The Labute approximate surface area is 139 Å². The molecule has 0 amide bonds. The summed E-state index contributed by atoms with van der Waals surface area (Å²) in [5.74, 6) is 1.46. The highest BCUT2D eigenvalue weighted by molar-refractivity contribution is 7.91. The first kappa shape index (κ1) is 16.0. The highest BCUT2D eigenvalue weighted by Crippen LogP contribution is 2.30. The monoisotopic (exact) mass is 327 g/mol. The largest absolute Gasteiger partial charge is 0.611 e. The second kappa shape index (κ2) is 6.72. The van der Waals surface area contributed by atoms with Crippen LogP contribution in [0.2, 0.25) is 0 Å². The third-order valence-electron chi connectivity index (χ3n) is 3.80. The van der Waals surface area contributed by atoms with Crippen LogP contribution in [0.1, 0.15) is 25.8 Å². The molecule has 1 aromatic carbocycles. The fraction of sp³-hybridized carbons (Fsp3) is 0.333. The number of benzene rings is 1. The van der Waals surface area contributed by atoms with E-state index in [1.54, 1.807) is 0 Å². The first-order valence-corrected chi connectivity index (χ1v) is 9.28. The van der Waals surface area contributed by atoms with Gasteiger partial charge in [-0.2, -0.15) is 0 Å². The molecule has 2 aromatic heterocycles. The van der Waals surface area contributed by atoms with Gasteiger partial charge in [0.1, 0.15) is 17.1 Å². The standard InChI is InChI=1S/C18H21N3OS/c1-4-10-21-17(20-15-11-13(3)12-19-18(15)21)14-8-6-7-9-16(14)23(22)5-2/h6-9,11-12H,4-5,10H2,1-3H3. The number of hydrogen-bond donors (Lipinski definition) is 0. The van der Waals surface area contributed by atoms with Gasteiger partial charge in [0.15, 0.2) is 10.5 Å². The average molecular weight is 327 g/mol. The number of aryl methyl sites for hydroxylation is 2. The predicted molar refractivity (Wildman–Crippen MR) is 94.9 cm³/mol. The summed E-state index contributed by atoms with van der Waals surface area (Å²) in [6, 6.07) is 9.89. The van der Waals surface area contributed by atoms with Crippen LogP contribution in [0, 0.1) is 6.92 Å². The van der Waals surface area contributed by atoms with Crippen molar-refractivity contribution in [3.63, 3.8) is 0 Å². The highest BCUT2D eigenvalue weighted by Gasteiger charge is 2.21. The number of hydrogen-bond acceptors (Lipinski definition) is 3. The van der Waals surface area contributed by atoms with Gasteiger partial charge in [-0.25, -0.2) is 9.97 Å². The maximum Gasteiger partial charge on any atom is 0.163 e. The minimum Gasteiger partial charge on any atom is -0.611 e. The van der Waals surface area contributed by atoms with Crippen molar-refractivity contribution in [3.8, 4) is 11.4 Å². The van der Waals surface area contributed by atoms with Crippen LogP contribution in [0.4, 0.5) is 0 Å². The molecule has 0 radical (unpaired) electrons. The van der Waals surface area contributed by atoms with Crippen molar-refractivity contribution in [3.05, 3.63) is 42.1 Å². The molecule has 0 saturated heterocycles. The van der Waals surface area contributed by atoms with E-state index in [1.807, 2.05) is 44.3 Å². The van der Waals surface area contributed by atoms with E-state index in [0.29, 0.717) is 5.75 Å². The van der Waals surface area contributed by atoms with E-state index in [2.05, 4.69) is 22.5 Å². The van der Waals surface area contributed by atoms with E-state index >= 15 is 0 Å². The number of imidazole rings is 1. The Bertz CT molecular complexity index is 828. The molecule has 1 unspecified atom stereocenters. The zero-order chi connectivity index (χ0) is 16.4. The lowest BCUT2D eigenvalue weighted by Crippen LogP contribution is -2.08. The van der Waals surface area contributed by atoms with Crippen molar-refractivity contribution in [1.82, 2.24) is 14.5 Å². The number of pyridine rings is 1. The van der Waals surface area contributed by atoms with Gasteiger partial charge in [0.2, 0.25) is 0 Å². The van der Waals surface area contributed by atoms with Crippen LogP contribution < -0.4 is 0 Å². The van der Waals surface area contributed by atoms with Crippen LogP contribution in [0.3, 0.4) is 0 Å². The van der Waals surface area contributed by atoms with E-state index in [1.165, 1.54) is 0 Å². The first-order chi connectivity index (χ1) is 11.2. The Morgan fingerprint density at radius 1 is 1.22 bits per heavy atom. The molecule has 0 fully saturated rings. The molecule has 0 saturated carbocycles. The van der Waals surface area contributed by atoms with Gasteiger partial charge < -0.3 is 9.12 Å². The molecule has 120 valence electrons. The van der Waals surface area contributed by atoms with E-state index in [0.717, 1.165) is 46.0 Å². The van der Waals surface area contributed by atoms with Crippen molar-refractivity contribution in [1.29, 1.82) is 0 Å². The summed E-state index contributed by atoms with van der Waals surface area (Å²) in [4.78, 5) is 10.2. The molecule has 0 spiro atoms. The smallest absolute Gasteiger partial charge is 0.163 e. The molecule has 2 heterocycles. The van der Waals surface area contributed by atoms with Crippen LogP contribution in [-0.2, 0) is 17.7 Å². The van der Waals surface area contributed by atoms with Gasteiger partial charge in [-0.1, -0.05) is 19.1 Å². The molecular weight excluding hydrogens is 306 g/mol. The third kappa shape index (κ3) is 2.99. The third-order valence-corrected chi connectivity index (χ3v) is 5.18. The van der Waals surface area contributed by atoms with Crippen LogP contribution >= 0.6 is 0 Å². The van der Waals surface area contributed by atoms with Gasteiger partial charge >= 0.3 is 0 Å². The molecule has 0 aliphatic rings. The quantitative estimate of drug-likeness (QED) is 0.667. The number of fused-ring (bicyclic) bond motifs is 1. The summed E-state index contributed by atoms with van der Waals surface area (Å²) in [6.45, 7) is 6.94. The summed E-state index contributed by atoms with van der Waals surface area (Å²) < 4.78 is 14.5. The summed E-state index contributed by atoms with van der Waals surface area (Å²) in [7, 11) is 0. The Hall–Kier alpha value is -1.85. The van der Waals surface area contributed by atoms with Gasteiger partial charge in [-0.15, -0.1) is 0 Å². The first-order valence-electron chi connectivity index (χ1n) is 7.96. The molecule has 0 aliphatic carbocycles. The van der Waals surface area contributed by atoms with E-state index < -0.39 is 11.2 Å². The minimum atomic E-state index is -1.01. The van der Waals surface area contributed by atoms with Crippen LogP contribution in [0.15, 0.2) is 41.4 Å². The zero-order valence-corrected chi connectivity index (χ0v) is 14.6. The van der Waals surface area contributed by atoms with Gasteiger partial charge in [0.25, 0.3) is 0 Å². The number of rotatable bonds is 5. The minimum absolute atomic E-state index is 0.600. The summed E-state index contributed by atoms with van der Waals surface area (Å²) in [5, 5.41) is 0. The highest BCUT2D eigenvalue weighted by atomic mass is 32.2. The molecular formula is C18H21N3OS. The average Bonchev–Trinajstić information content (AvgIpc) is 2.92. The molecule has 1 atom stereocenters. The molecule has 5 heteroatoms. The lowest BCUT2D eigenvalue weighted by Gasteiger charge is -2.13. The molecule has 3 aromatic rings. The predicted octanol–water partition coefficient (Wildman–Crippen LogP) is 3.94. The van der Waals surface area contributed by atoms with Gasteiger partial charge in [0, 0.05) is 12.7 Å². The van der Waals surface area contributed by atoms with Gasteiger partial charge in [-0.3, -0.25) is 0 Å². The number of aromatic nitrogens is 3. The fourth-order valence-corrected chi connectivity index (χ4v) is 3.70. The topological polar surface area (TPSA) is 53.8 Å². The molecule has 3 rings (SSSR count). The summed E-state index contributed by atoms with van der Waals surface area (Å²) >= 11 is -1.01. The Balaban J connectivity index is 2.25. The Kier molecular flexibility index (Phi) is 4.68. The zero-order valence-electron chi connectivity index (χ0n) is 13.7. The van der Waals surface area contributed by atoms with E-state index in [4.69, 9.17) is 4.98 Å². The SMILES string of the molecule is CCCn1c(-c2ccccc2[S+]([O-])CC)nc2cc(C)cnc21. The van der Waals surface area contributed by atoms with E-state index in [9.17, 15) is 4.55 Å². The lowest BCUT2D eigenvalue weighted by atomic mass is 10.2. The molecule has 23 heavy (non-hydrogen) atoms. The second-order valence-electron chi connectivity index (χ2n) is 5.57. The molecule has 0 N–H and O–H groups in total.